The van der Waals surface area contributed by atoms with Gasteiger partial charge in [0.1, 0.15) is 5.75 Å². The number of rotatable bonds is 7. The third-order valence-electron chi connectivity index (χ3n) is 6.93. The van der Waals surface area contributed by atoms with Gasteiger partial charge in [-0.15, -0.1) is 0 Å². The largest absolute Gasteiger partial charge is 0.508 e. The first-order valence-electron chi connectivity index (χ1n) is 11.8. The number of halogens is 1. The van der Waals surface area contributed by atoms with Crippen molar-refractivity contribution in [1.82, 2.24) is 0 Å². The molecule has 1 saturated carbocycles. The maximum Gasteiger partial charge on any atom is 0.115 e. The highest BCUT2D eigenvalue weighted by Gasteiger charge is 2.22. The molecule has 1 N–H and O–H groups in total. The number of benzene rings is 3. The summed E-state index contributed by atoms with van der Waals surface area (Å²) in [5, 5.41) is 10.2. The fourth-order valence-electron chi connectivity index (χ4n) is 4.98. The molecule has 1 aliphatic carbocycles. The highest BCUT2D eigenvalue weighted by Crippen LogP contribution is 2.39. The van der Waals surface area contributed by atoms with Gasteiger partial charge >= 0.3 is 0 Å². The Morgan fingerprint density at radius 3 is 2.06 bits per heavy atom. The molecule has 4 rings (SSSR count). The molecular formula is C29H33ClO. The van der Waals surface area contributed by atoms with Gasteiger partial charge in [0.05, 0.1) is 0 Å². The molecule has 162 valence electrons. The van der Waals surface area contributed by atoms with Gasteiger partial charge in [-0.3, -0.25) is 0 Å². The quantitative estimate of drug-likeness (QED) is 0.369. The van der Waals surface area contributed by atoms with E-state index in [0.29, 0.717) is 0 Å². The predicted molar refractivity (Wildman–Crippen MR) is 133 cm³/mol. The monoisotopic (exact) mass is 432 g/mol. The first kappa shape index (κ1) is 22.0. The highest BCUT2D eigenvalue weighted by atomic mass is 35.5. The number of hydrogen-bond acceptors (Lipinski definition) is 1. The van der Waals surface area contributed by atoms with Crippen LogP contribution in [0.5, 0.6) is 5.75 Å². The van der Waals surface area contributed by atoms with E-state index in [1.165, 1.54) is 62.5 Å². The van der Waals surface area contributed by atoms with E-state index in [1.54, 1.807) is 12.1 Å². The second-order valence-electron chi connectivity index (χ2n) is 9.08. The summed E-state index contributed by atoms with van der Waals surface area (Å²) in [4.78, 5) is 0. The number of unbranched alkanes of at least 4 members (excludes halogenated alkanes) is 2. The molecule has 3 aromatic rings. The summed E-state index contributed by atoms with van der Waals surface area (Å²) in [6.45, 7) is 2.29. The minimum atomic E-state index is 0.265. The van der Waals surface area contributed by atoms with E-state index in [0.717, 1.165) is 33.5 Å². The van der Waals surface area contributed by atoms with Crippen molar-refractivity contribution in [1.29, 1.82) is 0 Å². The molecule has 31 heavy (non-hydrogen) atoms. The standard InChI is InChI=1S/C29H33ClO/c1-2-3-4-5-21-6-8-22(9-7-21)23-10-12-24(13-11-23)26-16-19-28(29(30)20-26)25-14-17-27(31)18-15-25/h10-22,31H,2-9H2,1H3. The zero-order valence-electron chi connectivity index (χ0n) is 18.5. The van der Waals surface area contributed by atoms with Crippen molar-refractivity contribution in [2.75, 3.05) is 0 Å². The summed E-state index contributed by atoms with van der Waals surface area (Å²) in [6.07, 6.45) is 11.0. The SMILES string of the molecule is CCCCCC1CCC(c2ccc(-c3ccc(-c4ccc(O)cc4)c(Cl)c3)cc2)CC1. The Balaban J connectivity index is 1.40. The lowest BCUT2D eigenvalue weighted by atomic mass is 9.77. The van der Waals surface area contributed by atoms with Crippen LogP contribution >= 0.6 is 11.6 Å². The van der Waals surface area contributed by atoms with Crippen LogP contribution in [0, 0.1) is 5.92 Å². The van der Waals surface area contributed by atoms with Crippen LogP contribution < -0.4 is 0 Å². The van der Waals surface area contributed by atoms with E-state index < -0.39 is 0 Å². The fourth-order valence-corrected chi connectivity index (χ4v) is 5.27. The topological polar surface area (TPSA) is 20.2 Å². The summed E-state index contributed by atoms with van der Waals surface area (Å²) in [5.41, 5.74) is 5.82. The fraction of sp³-hybridized carbons (Fsp3) is 0.379. The summed E-state index contributed by atoms with van der Waals surface area (Å²) < 4.78 is 0. The van der Waals surface area contributed by atoms with Gasteiger partial charge < -0.3 is 5.11 Å². The number of aromatic hydroxyl groups is 1. The molecule has 0 unspecified atom stereocenters. The van der Waals surface area contributed by atoms with Gasteiger partial charge in [0.15, 0.2) is 0 Å². The molecular weight excluding hydrogens is 400 g/mol. The van der Waals surface area contributed by atoms with Gasteiger partial charge in [-0.2, -0.15) is 0 Å². The molecule has 0 saturated heterocycles. The van der Waals surface area contributed by atoms with Crippen LogP contribution in [0.25, 0.3) is 22.3 Å². The Kier molecular flexibility index (Phi) is 7.35. The molecule has 0 spiro atoms. The maximum absolute atomic E-state index is 9.51. The Hall–Kier alpha value is -2.25. The second kappa shape index (κ2) is 10.4. The molecule has 0 atom stereocenters. The third kappa shape index (κ3) is 5.52. The first-order chi connectivity index (χ1) is 15.1. The van der Waals surface area contributed by atoms with E-state index in [2.05, 4.69) is 43.3 Å². The average molecular weight is 433 g/mol. The maximum atomic E-state index is 9.51. The number of phenolic OH excluding ortho intramolecular Hbond substituents is 1. The van der Waals surface area contributed by atoms with Gasteiger partial charge in [-0.25, -0.2) is 0 Å². The van der Waals surface area contributed by atoms with Crippen molar-refractivity contribution in [2.45, 2.75) is 64.2 Å². The second-order valence-corrected chi connectivity index (χ2v) is 9.48. The molecule has 0 amide bonds. The molecule has 1 nitrogen and oxygen atoms in total. The van der Waals surface area contributed by atoms with Crippen molar-refractivity contribution in [2.24, 2.45) is 5.92 Å². The Morgan fingerprint density at radius 2 is 1.42 bits per heavy atom. The van der Waals surface area contributed by atoms with Crippen molar-refractivity contribution < 1.29 is 5.11 Å². The Morgan fingerprint density at radius 1 is 0.774 bits per heavy atom. The number of hydrogen-bond donors (Lipinski definition) is 1. The van der Waals surface area contributed by atoms with E-state index in [1.807, 2.05) is 18.2 Å². The molecule has 0 aromatic heterocycles. The van der Waals surface area contributed by atoms with Crippen LogP contribution in [0.4, 0.5) is 0 Å². The summed E-state index contributed by atoms with van der Waals surface area (Å²) in [6, 6.07) is 22.5. The molecule has 0 aliphatic heterocycles. The van der Waals surface area contributed by atoms with Crippen LogP contribution in [-0.4, -0.2) is 5.11 Å². The van der Waals surface area contributed by atoms with E-state index in [4.69, 9.17) is 11.6 Å². The Labute approximate surface area is 192 Å². The van der Waals surface area contributed by atoms with Crippen LogP contribution in [0.1, 0.15) is 69.8 Å². The van der Waals surface area contributed by atoms with Crippen LogP contribution in [-0.2, 0) is 0 Å². The van der Waals surface area contributed by atoms with Crippen LogP contribution in [0.3, 0.4) is 0 Å². The van der Waals surface area contributed by atoms with E-state index in [9.17, 15) is 5.11 Å². The summed E-state index contributed by atoms with van der Waals surface area (Å²) >= 11 is 6.60. The smallest absolute Gasteiger partial charge is 0.115 e. The zero-order valence-corrected chi connectivity index (χ0v) is 19.2. The normalized spacial score (nSPS) is 18.8. The Bertz CT molecular complexity index is 967. The van der Waals surface area contributed by atoms with Crippen molar-refractivity contribution >= 4 is 11.6 Å². The number of phenols is 1. The lowest BCUT2D eigenvalue weighted by Gasteiger charge is -2.29. The van der Waals surface area contributed by atoms with Crippen molar-refractivity contribution in [3.8, 4) is 28.0 Å². The average Bonchev–Trinajstić information content (AvgIpc) is 2.81. The molecule has 0 heterocycles. The first-order valence-corrected chi connectivity index (χ1v) is 12.2. The highest BCUT2D eigenvalue weighted by molar-refractivity contribution is 6.33. The molecule has 0 bridgehead atoms. The minimum Gasteiger partial charge on any atom is -0.508 e. The summed E-state index contributed by atoms with van der Waals surface area (Å²) in [5.74, 6) is 1.94. The van der Waals surface area contributed by atoms with Crippen LogP contribution in [0.2, 0.25) is 5.02 Å². The van der Waals surface area contributed by atoms with Gasteiger partial charge in [0.25, 0.3) is 0 Å². The minimum absolute atomic E-state index is 0.265. The van der Waals surface area contributed by atoms with Gasteiger partial charge in [-0.05, 0) is 78.0 Å². The molecule has 1 fully saturated rings. The third-order valence-corrected chi connectivity index (χ3v) is 7.24. The predicted octanol–water partition coefficient (Wildman–Crippen LogP) is 9.23. The lowest BCUT2D eigenvalue weighted by Crippen LogP contribution is -2.13. The molecule has 1 aliphatic rings. The molecule has 3 aromatic carbocycles. The lowest BCUT2D eigenvalue weighted by molar-refractivity contribution is 0.303. The molecule has 2 heteroatoms. The van der Waals surface area contributed by atoms with Gasteiger partial charge in [-0.1, -0.05) is 92.7 Å². The van der Waals surface area contributed by atoms with E-state index in [-0.39, 0.29) is 5.75 Å². The van der Waals surface area contributed by atoms with Gasteiger partial charge in [0.2, 0.25) is 0 Å². The van der Waals surface area contributed by atoms with Crippen molar-refractivity contribution in [3.05, 3.63) is 77.3 Å². The van der Waals surface area contributed by atoms with Gasteiger partial charge in [0, 0.05) is 10.6 Å². The summed E-state index contributed by atoms with van der Waals surface area (Å²) in [7, 11) is 0. The van der Waals surface area contributed by atoms with Crippen molar-refractivity contribution in [3.63, 3.8) is 0 Å². The molecule has 0 radical (unpaired) electrons. The van der Waals surface area contributed by atoms with E-state index >= 15 is 0 Å². The zero-order chi connectivity index (χ0) is 21.6. The van der Waals surface area contributed by atoms with Crippen LogP contribution in [0.15, 0.2) is 66.7 Å².